The number of nitrogens with one attached hydrogen (secondary N) is 1. The zero-order valence-corrected chi connectivity index (χ0v) is 12.2. The van der Waals surface area contributed by atoms with Crippen molar-refractivity contribution in [3.05, 3.63) is 16.1 Å². The third-order valence-electron chi connectivity index (χ3n) is 3.93. The van der Waals surface area contributed by atoms with Crippen molar-refractivity contribution >= 4 is 17.2 Å². The maximum atomic E-state index is 11.7. The molecule has 1 aliphatic carbocycles. The first-order chi connectivity index (χ1) is 9.20. The highest BCUT2D eigenvalue weighted by atomic mass is 32.1. The van der Waals surface area contributed by atoms with Gasteiger partial charge < -0.3 is 5.32 Å². The van der Waals surface area contributed by atoms with Crippen molar-refractivity contribution in [1.82, 2.24) is 15.2 Å². The third-order valence-corrected chi connectivity index (χ3v) is 4.76. The number of hydrogen-bond acceptors (Lipinski definition) is 4. The molecule has 0 aromatic carbocycles. The Morgan fingerprint density at radius 1 is 1.42 bits per heavy atom. The largest absolute Gasteiger partial charge is 0.353 e. The number of thiazole rings is 1. The molecule has 4 nitrogen and oxygen atoms in total. The van der Waals surface area contributed by atoms with Crippen molar-refractivity contribution in [2.24, 2.45) is 5.92 Å². The Kier molecular flexibility index (Phi) is 3.84. The average Bonchev–Trinajstić information content (AvgIpc) is 3.17. The second-order valence-corrected chi connectivity index (χ2v) is 6.75. The molecule has 0 spiro atoms. The Bertz CT molecular complexity index is 447. The predicted octanol–water partition coefficient (Wildman–Crippen LogP) is 1.94. The molecule has 1 saturated carbocycles. The fraction of sp³-hybridized carbons (Fsp3) is 0.714. The number of aryl methyl sites for hydroxylation is 1. The van der Waals surface area contributed by atoms with Gasteiger partial charge in [-0.25, -0.2) is 4.98 Å². The minimum Gasteiger partial charge on any atom is -0.353 e. The molecule has 0 radical (unpaired) electrons. The van der Waals surface area contributed by atoms with Gasteiger partial charge in [0.05, 0.1) is 10.7 Å². The molecule has 1 amide bonds. The predicted molar refractivity (Wildman–Crippen MR) is 76.0 cm³/mol. The van der Waals surface area contributed by atoms with E-state index in [-0.39, 0.29) is 5.91 Å². The van der Waals surface area contributed by atoms with Crippen molar-refractivity contribution in [2.75, 3.05) is 13.1 Å². The monoisotopic (exact) mass is 279 g/mol. The lowest BCUT2D eigenvalue weighted by atomic mass is 10.0. The van der Waals surface area contributed by atoms with Crippen molar-refractivity contribution < 1.29 is 4.79 Å². The average molecular weight is 279 g/mol. The minimum atomic E-state index is 0.286. The molecule has 2 heterocycles. The molecule has 0 bridgehead atoms. The lowest BCUT2D eigenvalue weighted by Crippen LogP contribution is -2.44. The van der Waals surface area contributed by atoms with Gasteiger partial charge in [0.2, 0.25) is 5.91 Å². The SMILES string of the molecule is Cc1nc(CN2CCC(NC(=O)C3CC3)CC2)cs1. The minimum absolute atomic E-state index is 0.286. The zero-order valence-electron chi connectivity index (χ0n) is 11.4. The molecule has 2 aliphatic rings. The summed E-state index contributed by atoms with van der Waals surface area (Å²) in [4.78, 5) is 18.7. The van der Waals surface area contributed by atoms with Crippen molar-refractivity contribution in [3.8, 4) is 0 Å². The van der Waals surface area contributed by atoms with Gasteiger partial charge in [0.15, 0.2) is 0 Å². The highest BCUT2D eigenvalue weighted by Gasteiger charge is 2.31. The summed E-state index contributed by atoms with van der Waals surface area (Å²) in [6.07, 6.45) is 4.32. The topological polar surface area (TPSA) is 45.2 Å². The number of nitrogens with zero attached hydrogens (tertiary/aromatic N) is 2. The van der Waals surface area contributed by atoms with Gasteiger partial charge in [-0.1, -0.05) is 0 Å². The smallest absolute Gasteiger partial charge is 0.223 e. The number of piperidine rings is 1. The first-order valence-corrected chi connectivity index (χ1v) is 8.02. The normalized spacial score (nSPS) is 21.5. The number of rotatable bonds is 4. The number of likely N-dealkylation sites (tertiary alicyclic amines) is 1. The van der Waals surface area contributed by atoms with Crippen LogP contribution in [0.3, 0.4) is 0 Å². The Hall–Kier alpha value is -0.940. The van der Waals surface area contributed by atoms with Gasteiger partial charge >= 0.3 is 0 Å². The van der Waals surface area contributed by atoms with Crippen molar-refractivity contribution in [1.29, 1.82) is 0 Å². The van der Waals surface area contributed by atoms with E-state index in [1.165, 1.54) is 5.69 Å². The molecule has 3 rings (SSSR count). The standard InChI is InChI=1S/C14H21N3OS/c1-10-15-13(9-19-10)8-17-6-4-12(5-7-17)16-14(18)11-2-3-11/h9,11-12H,2-8H2,1H3,(H,16,18). The van der Waals surface area contributed by atoms with Gasteiger partial charge in [-0.15, -0.1) is 11.3 Å². The summed E-state index contributed by atoms with van der Waals surface area (Å²) in [5, 5.41) is 6.48. The van der Waals surface area contributed by atoms with Crippen LogP contribution < -0.4 is 5.32 Å². The molecule has 104 valence electrons. The Balaban J connectivity index is 1.42. The number of aromatic nitrogens is 1. The molecule has 1 N–H and O–H groups in total. The number of hydrogen-bond donors (Lipinski definition) is 1. The second-order valence-electron chi connectivity index (χ2n) is 5.69. The van der Waals surface area contributed by atoms with E-state index in [0.29, 0.717) is 12.0 Å². The lowest BCUT2D eigenvalue weighted by Gasteiger charge is -2.31. The Morgan fingerprint density at radius 3 is 2.74 bits per heavy atom. The van der Waals surface area contributed by atoms with E-state index < -0.39 is 0 Å². The number of amides is 1. The van der Waals surface area contributed by atoms with Crippen LogP contribution >= 0.6 is 11.3 Å². The molecular weight excluding hydrogens is 258 g/mol. The number of carbonyl (C=O) groups is 1. The molecule has 1 aromatic heterocycles. The summed E-state index contributed by atoms with van der Waals surface area (Å²) in [6, 6.07) is 0.390. The van der Waals surface area contributed by atoms with E-state index in [9.17, 15) is 4.79 Å². The summed E-state index contributed by atoms with van der Waals surface area (Å²) < 4.78 is 0. The molecule has 5 heteroatoms. The summed E-state index contributed by atoms with van der Waals surface area (Å²) in [7, 11) is 0. The fourth-order valence-electron chi connectivity index (χ4n) is 2.61. The van der Waals surface area contributed by atoms with Crippen LogP contribution in [-0.2, 0) is 11.3 Å². The summed E-state index contributed by atoms with van der Waals surface area (Å²) in [6.45, 7) is 5.12. The molecule has 1 aromatic rings. The third kappa shape index (κ3) is 3.54. The quantitative estimate of drug-likeness (QED) is 0.916. The van der Waals surface area contributed by atoms with Gasteiger partial charge in [-0.3, -0.25) is 9.69 Å². The van der Waals surface area contributed by atoms with Crippen LogP contribution in [0, 0.1) is 12.8 Å². The Labute approximate surface area is 118 Å². The van der Waals surface area contributed by atoms with Gasteiger partial charge in [-0.2, -0.15) is 0 Å². The highest BCUT2D eigenvalue weighted by Crippen LogP contribution is 2.29. The van der Waals surface area contributed by atoms with E-state index >= 15 is 0 Å². The van der Waals surface area contributed by atoms with E-state index in [1.807, 2.05) is 6.92 Å². The second kappa shape index (κ2) is 5.59. The maximum absolute atomic E-state index is 11.7. The van der Waals surface area contributed by atoms with Crippen LogP contribution in [0.4, 0.5) is 0 Å². The molecule has 0 atom stereocenters. The van der Waals surface area contributed by atoms with E-state index in [2.05, 4.69) is 20.6 Å². The molecule has 1 saturated heterocycles. The van der Waals surface area contributed by atoms with Crippen molar-refractivity contribution in [2.45, 2.75) is 45.2 Å². The van der Waals surface area contributed by atoms with E-state index in [0.717, 1.165) is 50.3 Å². The first kappa shape index (κ1) is 13.1. The summed E-state index contributed by atoms with van der Waals surface area (Å²) in [5.41, 5.74) is 1.18. The van der Waals surface area contributed by atoms with Crippen LogP contribution in [0.15, 0.2) is 5.38 Å². The van der Waals surface area contributed by atoms with Crippen LogP contribution in [0.2, 0.25) is 0 Å². The molecular formula is C14H21N3OS. The van der Waals surface area contributed by atoms with E-state index in [1.54, 1.807) is 11.3 Å². The van der Waals surface area contributed by atoms with Crippen LogP contribution in [0.5, 0.6) is 0 Å². The molecule has 1 aliphatic heterocycles. The van der Waals surface area contributed by atoms with Crippen LogP contribution in [0.25, 0.3) is 0 Å². The van der Waals surface area contributed by atoms with Crippen molar-refractivity contribution in [3.63, 3.8) is 0 Å². The Morgan fingerprint density at radius 2 is 2.16 bits per heavy atom. The zero-order chi connectivity index (χ0) is 13.2. The molecule has 0 unspecified atom stereocenters. The van der Waals surface area contributed by atoms with E-state index in [4.69, 9.17) is 0 Å². The lowest BCUT2D eigenvalue weighted by molar-refractivity contribution is -0.123. The van der Waals surface area contributed by atoms with Crippen LogP contribution in [0.1, 0.15) is 36.4 Å². The number of carbonyl (C=O) groups excluding carboxylic acids is 1. The van der Waals surface area contributed by atoms with Gasteiger partial charge in [0.1, 0.15) is 0 Å². The van der Waals surface area contributed by atoms with Gasteiger partial charge in [0, 0.05) is 37.0 Å². The van der Waals surface area contributed by atoms with Crippen LogP contribution in [-0.4, -0.2) is 34.9 Å². The maximum Gasteiger partial charge on any atom is 0.223 e. The van der Waals surface area contributed by atoms with Gasteiger partial charge in [0.25, 0.3) is 0 Å². The highest BCUT2D eigenvalue weighted by molar-refractivity contribution is 7.09. The summed E-state index contributed by atoms with van der Waals surface area (Å²) >= 11 is 1.72. The first-order valence-electron chi connectivity index (χ1n) is 7.14. The van der Waals surface area contributed by atoms with Gasteiger partial charge in [-0.05, 0) is 32.6 Å². The molecule has 2 fully saturated rings. The molecule has 19 heavy (non-hydrogen) atoms. The summed E-state index contributed by atoms with van der Waals surface area (Å²) in [5.74, 6) is 0.615. The fourth-order valence-corrected chi connectivity index (χ4v) is 3.21.